The van der Waals surface area contributed by atoms with Gasteiger partial charge in [-0.1, -0.05) is 23.5 Å². The van der Waals surface area contributed by atoms with Crippen LogP contribution in [0.25, 0.3) is 38.0 Å². The van der Waals surface area contributed by atoms with E-state index < -0.39 is 0 Å². The summed E-state index contributed by atoms with van der Waals surface area (Å²) in [7, 11) is 0. The van der Waals surface area contributed by atoms with E-state index in [1.165, 1.54) is 11.3 Å². The highest BCUT2D eigenvalue weighted by Crippen LogP contribution is 2.32. The highest BCUT2D eigenvalue weighted by Gasteiger charge is 2.27. The van der Waals surface area contributed by atoms with Crippen LogP contribution in [0.15, 0.2) is 42.6 Å². The number of rotatable bonds is 2. The Balaban J connectivity index is 1.49. The summed E-state index contributed by atoms with van der Waals surface area (Å²) >= 11 is 1.49. The summed E-state index contributed by atoms with van der Waals surface area (Å²) in [5.74, 6) is 1.14. The number of thiazole rings is 1. The Morgan fingerprint density at radius 3 is 2.78 bits per heavy atom. The third-order valence-electron chi connectivity index (χ3n) is 6.22. The van der Waals surface area contributed by atoms with E-state index in [1.54, 1.807) is 13.1 Å². The first-order valence-corrected chi connectivity index (χ1v) is 11.4. The number of anilines is 1. The number of nitrogen functional groups attached to an aromatic ring is 1. The molecule has 0 spiro atoms. The molecule has 0 aliphatic carbocycles. The number of fused-ring (bicyclic) bond motifs is 4. The number of piperidine rings is 1. The van der Waals surface area contributed by atoms with Crippen LogP contribution in [0.4, 0.5) is 5.13 Å². The molecule has 9 heteroatoms. The summed E-state index contributed by atoms with van der Waals surface area (Å²) in [4.78, 5) is 22.8. The Hall–Kier alpha value is -3.59. The van der Waals surface area contributed by atoms with Crippen molar-refractivity contribution in [1.29, 1.82) is 0 Å². The van der Waals surface area contributed by atoms with Gasteiger partial charge in [0.15, 0.2) is 10.8 Å². The van der Waals surface area contributed by atoms with Crippen LogP contribution < -0.4 is 5.73 Å². The molecule has 1 aliphatic heterocycles. The van der Waals surface area contributed by atoms with Gasteiger partial charge in [0.1, 0.15) is 5.82 Å². The van der Waals surface area contributed by atoms with Gasteiger partial charge in [-0.05, 0) is 48.2 Å². The van der Waals surface area contributed by atoms with Crippen LogP contribution in [0, 0.1) is 0 Å². The third kappa shape index (κ3) is 3.08. The predicted molar refractivity (Wildman–Crippen MR) is 126 cm³/mol. The second kappa shape index (κ2) is 7.23. The Labute approximate surface area is 187 Å². The highest BCUT2D eigenvalue weighted by molar-refractivity contribution is 7.22. The van der Waals surface area contributed by atoms with E-state index in [1.807, 2.05) is 17.0 Å². The van der Waals surface area contributed by atoms with Crippen LogP contribution in [-0.4, -0.2) is 48.5 Å². The maximum Gasteiger partial charge on any atom is 0.219 e. The average molecular weight is 444 g/mol. The summed E-state index contributed by atoms with van der Waals surface area (Å²) in [5, 5.41) is 9.48. The van der Waals surface area contributed by atoms with Gasteiger partial charge in [0.25, 0.3) is 0 Å². The van der Waals surface area contributed by atoms with E-state index in [0.29, 0.717) is 11.7 Å². The van der Waals surface area contributed by atoms with Crippen molar-refractivity contribution in [2.24, 2.45) is 0 Å². The average Bonchev–Trinajstić information content (AvgIpc) is 3.41. The van der Waals surface area contributed by atoms with Crippen LogP contribution in [0.2, 0.25) is 0 Å². The van der Waals surface area contributed by atoms with Crippen molar-refractivity contribution in [2.45, 2.75) is 25.7 Å². The number of benzene rings is 2. The van der Waals surface area contributed by atoms with Crippen molar-refractivity contribution in [3.8, 4) is 11.1 Å². The van der Waals surface area contributed by atoms with Crippen LogP contribution in [0.1, 0.15) is 31.5 Å². The van der Waals surface area contributed by atoms with E-state index in [-0.39, 0.29) is 11.8 Å². The van der Waals surface area contributed by atoms with Crippen LogP contribution in [-0.2, 0) is 4.79 Å². The molecule has 160 valence electrons. The molecular formula is C23H21N7OS. The first-order valence-electron chi connectivity index (χ1n) is 10.6. The molecule has 4 heterocycles. The molecule has 2 aromatic carbocycles. The maximum absolute atomic E-state index is 11.9. The minimum absolute atomic E-state index is 0.108. The molecule has 6 rings (SSSR count). The molecule has 0 radical (unpaired) electrons. The Morgan fingerprint density at radius 2 is 1.94 bits per heavy atom. The largest absolute Gasteiger partial charge is 0.375 e. The number of nitrogens with zero attached hydrogens (tertiary/aromatic N) is 6. The molecule has 5 aromatic rings. The lowest BCUT2D eigenvalue weighted by molar-refractivity contribution is -0.130. The molecule has 8 nitrogen and oxygen atoms in total. The minimum atomic E-state index is 0.108. The van der Waals surface area contributed by atoms with Gasteiger partial charge in [0.05, 0.1) is 27.4 Å². The number of carbonyl (C=O) groups is 1. The van der Waals surface area contributed by atoms with Crippen molar-refractivity contribution >= 4 is 49.3 Å². The fraction of sp³-hybridized carbons (Fsp3) is 0.261. The van der Waals surface area contributed by atoms with Gasteiger partial charge in [0.2, 0.25) is 5.91 Å². The zero-order chi connectivity index (χ0) is 21.8. The molecule has 1 fully saturated rings. The summed E-state index contributed by atoms with van der Waals surface area (Å²) in [5.41, 5.74) is 11.5. The van der Waals surface area contributed by atoms with Gasteiger partial charge in [-0.15, -0.1) is 10.2 Å². The smallest absolute Gasteiger partial charge is 0.219 e. The molecule has 1 saturated heterocycles. The Kier molecular flexibility index (Phi) is 4.32. The summed E-state index contributed by atoms with van der Waals surface area (Å²) in [6.45, 7) is 3.10. The SMILES string of the molecule is CC(=O)N1CCCC(c2nnc3cnc4ccc(-c5ccc6nc(N)sc6c5)cc4n23)C1. The number of aromatic nitrogens is 5. The molecule has 32 heavy (non-hydrogen) atoms. The number of carbonyl (C=O) groups excluding carboxylic acids is 1. The maximum atomic E-state index is 11.9. The normalized spacial score (nSPS) is 16.9. The minimum Gasteiger partial charge on any atom is -0.375 e. The molecular weight excluding hydrogens is 422 g/mol. The molecule has 0 saturated carbocycles. The van der Waals surface area contributed by atoms with Crippen molar-refractivity contribution in [3.05, 3.63) is 48.4 Å². The van der Waals surface area contributed by atoms with Crippen LogP contribution >= 0.6 is 11.3 Å². The summed E-state index contributed by atoms with van der Waals surface area (Å²) in [6.07, 6.45) is 3.71. The summed E-state index contributed by atoms with van der Waals surface area (Å²) in [6, 6.07) is 12.4. The van der Waals surface area contributed by atoms with E-state index >= 15 is 0 Å². The molecule has 1 amide bonds. The lowest BCUT2D eigenvalue weighted by Gasteiger charge is -2.31. The third-order valence-corrected chi connectivity index (χ3v) is 7.07. The van der Waals surface area contributed by atoms with Gasteiger partial charge in [-0.2, -0.15) is 0 Å². The predicted octanol–water partition coefficient (Wildman–Crippen LogP) is 3.86. The fourth-order valence-corrected chi connectivity index (χ4v) is 5.39. The number of amides is 1. The molecule has 0 bridgehead atoms. The van der Waals surface area contributed by atoms with E-state index in [4.69, 9.17) is 5.73 Å². The van der Waals surface area contributed by atoms with Crippen molar-refractivity contribution < 1.29 is 4.79 Å². The second-order valence-corrected chi connectivity index (χ2v) is 9.31. The molecule has 2 N–H and O–H groups in total. The van der Waals surface area contributed by atoms with E-state index in [0.717, 1.165) is 63.2 Å². The van der Waals surface area contributed by atoms with Crippen LogP contribution in [0.3, 0.4) is 0 Å². The molecule has 3 aromatic heterocycles. The van der Waals surface area contributed by atoms with Crippen LogP contribution in [0.5, 0.6) is 0 Å². The number of hydrogen-bond acceptors (Lipinski definition) is 7. The molecule has 1 unspecified atom stereocenters. The standard InChI is InChI=1S/C23H21N7OS/c1-13(31)29-8-2-3-16(12-29)22-28-27-21-11-25-17-6-4-14(9-19(17)30(21)22)15-5-7-18-20(10-15)32-23(24)26-18/h4-7,9-11,16H,2-3,8,12H2,1H3,(H2,24,26). The Morgan fingerprint density at radius 1 is 1.12 bits per heavy atom. The quantitative estimate of drug-likeness (QED) is 0.444. The number of likely N-dealkylation sites (tertiary alicyclic amines) is 1. The fourth-order valence-electron chi connectivity index (χ4n) is 4.62. The van der Waals surface area contributed by atoms with Gasteiger partial charge in [0, 0.05) is 25.9 Å². The van der Waals surface area contributed by atoms with Crippen molar-refractivity contribution in [2.75, 3.05) is 18.8 Å². The number of nitrogens with two attached hydrogens (primary N) is 1. The Bertz CT molecular complexity index is 1500. The molecule has 1 atom stereocenters. The first kappa shape index (κ1) is 19.1. The highest BCUT2D eigenvalue weighted by atomic mass is 32.1. The zero-order valence-electron chi connectivity index (χ0n) is 17.5. The van der Waals surface area contributed by atoms with Gasteiger partial charge >= 0.3 is 0 Å². The lowest BCUT2D eigenvalue weighted by atomic mass is 9.97. The van der Waals surface area contributed by atoms with Gasteiger partial charge in [-0.25, -0.2) is 4.98 Å². The van der Waals surface area contributed by atoms with Gasteiger partial charge in [-0.3, -0.25) is 14.2 Å². The monoisotopic (exact) mass is 443 g/mol. The topological polar surface area (TPSA) is 102 Å². The first-order chi connectivity index (χ1) is 15.6. The lowest BCUT2D eigenvalue weighted by Crippen LogP contribution is -2.38. The van der Waals surface area contributed by atoms with Crippen molar-refractivity contribution in [1.82, 2.24) is 29.5 Å². The van der Waals surface area contributed by atoms with Crippen molar-refractivity contribution in [3.63, 3.8) is 0 Å². The summed E-state index contributed by atoms with van der Waals surface area (Å²) < 4.78 is 3.16. The number of hydrogen-bond donors (Lipinski definition) is 1. The molecule has 1 aliphatic rings. The van der Waals surface area contributed by atoms with E-state index in [2.05, 4.69) is 48.8 Å². The zero-order valence-corrected chi connectivity index (χ0v) is 18.3. The van der Waals surface area contributed by atoms with Gasteiger partial charge < -0.3 is 10.6 Å². The second-order valence-electron chi connectivity index (χ2n) is 8.25. The van der Waals surface area contributed by atoms with E-state index in [9.17, 15) is 4.79 Å².